The molecule has 6 rings (SSSR count). The van der Waals surface area contributed by atoms with Gasteiger partial charge in [0.25, 0.3) is 0 Å². The van der Waals surface area contributed by atoms with Crippen LogP contribution in [-0.2, 0) is 11.3 Å². The number of Topliss-reactive ketones (excluding diaryl/α,β-unsaturated/α-hetero) is 1. The molecule has 4 aliphatic rings. The van der Waals surface area contributed by atoms with Crippen molar-refractivity contribution in [3.05, 3.63) is 53.9 Å². The van der Waals surface area contributed by atoms with Gasteiger partial charge in [0.2, 0.25) is 0 Å². The van der Waals surface area contributed by atoms with E-state index in [1.54, 1.807) is 17.1 Å². The average molecular weight is 486 g/mol. The van der Waals surface area contributed by atoms with Crippen LogP contribution in [0, 0.1) is 52.3 Å². The van der Waals surface area contributed by atoms with E-state index in [0.29, 0.717) is 29.2 Å². The highest BCUT2D eigenvalue weighted by atomic mass is 16.3. The molecule has 4 saturated carbocycles. The highest BCUT2D eigenvalue weighted by Gasteiger charge is 2.62. The first-order valence-corrected chi connectivity index (χ1v) is 14.0. The lowest BCUT2D eigenvalue weighted by Gasteiger charge is -2.57. The molecule has 0 aliphatic heterocycles. The largest absolute Gasteiger partial charge is 0.390 e. The highest BCUT2D eigenvalue weighted by Crippen LogP contribution is 2.68. The molecule has 0 spiro atoms. The van der Waals surface area contributed by atoms with Crippen LogP contribution in [0.2, 0.25) is 0 Å². The average Bonchev–Trinajstić information content (AvgIpc) is 3.45. The molecule has 0 unspecified atom stereocenters. The van der Waals surface area contributed by atoms with Gasteiger partial charge in [-0.05, 0) is 105 Å². The van der Waals surface area contributed by atoms with Crippen LogP contribution in [0.1, 0.15) is 82.3 Å². The minimum Gasteiger partial charge on any atom is -0.390 e. The van der Waals surface area contributed by atoms with Crippen molar-refractivity contribution >= 4 is 5.78 Å². The van der Waals surface area contributed by atoms with Crippen LogP contribution in [0.15, 0.2) is 42.7 Å². The molecular weight excluding hydrogens is 446 g/mol. The van der Waals surface area contributed by atoms with Gasteiger partial charge < -0.3 is 5.11 Å². The molecule has 1 heterocycles. The SMILES string of the molecule is C[C@@]1(O)CC[C@H]2[C@H](CC[C@@H]3[C@@H]2CC[C@@]2(C)[C@H]3[C@H](c3ccccc3)C[C@@H]2C(=O)Cn2cc(C#N)cn2)C1. The van der Waals surface area contributed by atoms with Crippen molar-refractivity contribution in [3.63, 3.8) is 0 Å². The van der Waals surface area contributed by atoms with Crippen LogP contribution in [0.5, 0.6) is 0 Å². The summed E-state index contributed by atoms with van der Waals surface area (Å²) in [6.45, 7) is 4.70. The van der Waals surface area contributed by atoms with E-state index in [4.69, 9.17) is 0 Å². The van der Waals surface area contributed by atoms with Gasteiger partial charge >= 0.3 is 0 Å². The van der Waals surface area contributed by atoms with Crippen molar-refractivity contribution in [3.8, 4) is 6.07 Å². The number of benzene rings is 1. The Kier molecular flexibility index (Phi) is 5.87. The molecule has 4 aliphatic carbocycles. The van der Waals surface area contributed by atoms with Crippen LogP contribution in [0.4, 0.5) is 0 Å². The lowest BCUT2D eigenvalue weighted by Crippen LogP contribution is -2.51. The number of nitrogens with zero attached hydrogens (tertiary/aromatic N) is 3. The van der Waals surface area contributed by atoms with Gasteiger partial charge in [-0.2, -0.15) is 10.4 Å². The Hall–Kier alpha value is -2.45. The molecule has 190 valence electrons. The lowest BCUT2D eigenvalue weighted by molar-refractivity contribution is -0.133. The van der Waals surface area contributed by atoms with E-state index in [9.17, 15) is 15.2 Å². The Morgan fingerprint density at radius 1 is 1.11 bits per heavy atom. The van der Waals surface area contributed by atoms with E-state index in [1.165, 1.54) is 24.8 Å². The van der Waals surface area contributed by atoms with Crippen LogP contribution in [-0.4, -0.2) is 26.3 Å². The molecule has 1 aromatic heterocycles. The second-order valence-corrected chi connectivity index (χ2v) is 12.9. The van der Waals surface area contributed by atoms with Crippen LogP contribution >= 0.6 is 0 Å². The summed E-state index contributed by atoms with van der Waals surface area (Å²) in [6, 6.07) is 13.1. The second kappa shape index (κ2) is 8.84. The molecule has 0 bridgehead atoms. The molecule has 36 heavy (non-hydrogen) atoms. The van der Waals surface area contributed by atoms with Crippen molar-refractivity contribution in [1.82, 2.24) is 9.78 Å². The molecule has 1 N–H and O–H groups in total. The molecule has 9 atom stereocenters. The molecule has 5 nitrogen and oxygen atoms in total. The van der Waals surface area contributed by atoms with E-state index < -0.39 is 5.60 Å². The lowest BCUT2D eigenvalue weighted by atomic mass is 9.48. The van der Waals surface area contributed by atoms with E-state index in [-0.39, 0.29) is 23.7 Å². The minimum atomic E-state index is -0.494. The summed E-state index contributed by atoms with van der Waals surface area (Å²) < 4.78 is 1.65. The van der Waals surface area contributed by atoms with Crippen molar-refractivity contribution in [1.29, 1.82) is 5.26 Å². The predicted octanol–water partition coefficient (Wildman–Crippen LogP) is 5.74. The third-order valence-corrected chi connectivity index (χ3v) is 10.9. The Morgan fingerprint density at radius 2 is 1.89 bits per heavy atom. The van der Waals surface area contributed by atoms with E-state index in [2.05, 4.69) is 48.4 Å². The minimum absolute atomic E-state index is 0.00301. The van der Waals surface area contributed by atoms with Crippen LogP contribution in [0.3, 0.4) is 0 Å². The zero-order chi connectivity index (χ0) is 25.1. The number of hydrogen-bond acceptors (Lipinski definition) is 4. The van der Waals surface area contributed by atoms with Gasteiger partial charge in [-0.25, -0.2) is 0 Å². The van der Waals surface area contributed by atoms with Gasteiger partial charge in [0.1, 0.15) is 6.07 Å². The molecule has 2 aromatic rings. The third kappa shape index (κ3) is 3.93. The molecule has 4 fully saturated rings. The first kappa shape index (κ1) is 23.9. The van der Waals surface area contributed by atoms with Crippen molar-refractivity contribution in [2.45, 2.75) is 83.3 Å². The summed E-state index contributed by atoms with van der Waals surface area (Å²) in [6.07, 6.45) is 12.0. The van der Waals surface area contributed by atoms with E-state index in [0.717, 1.165) is 43.9 Å². The summed E-state index contributed by atoms with van der Waals surface area (Å²) in [5.41, 5.74) is 1.40. The summed E-state index contributed by atoms with van der Waals surface area (Å²) in [5.74, 6) is 3.99. The Morgan fingerprint density at radius 3 is 2.64 bits per heavy atom. The smallest absolute Gasteiger partial charge is 0.157 e. The maximum absolute atomic E-state index is 13.8. The van der Waals surface area contributed by atoms with Crippen molar-refractivity contribution in [2.24, 2.45) is 40.9 Å². The maximum Gasteiger partial charge on any atom is 0.157 e. The fourth-order valence-corrected chi connectivity index (χ4v) is 9.51. The molecule has 1 aromatic carbocycles. The molecular formula is C31H39N3O2. The number of aromatic nitrogens is 2. The number of aliphatic hydroxyl groups is 1. The summed E-state index contributed by atoms with van der Waals surface area (Å²) in [4.78, 5) is 13.8. The van der Waals surface area contributed by atoms with Crippen LogP contribution < -0.4 is 0 Å². The molecule has 0 saturated heterocycles. The number of nitriles is 1. The first-order chi connectivity index (χ1) is 17.3. The summed E-state index contributed by atoms with van der Waals surface area (Å²) in [5, 5.41) is 24.2. The quantitative estimate of drug-likeness (QED) is 0.599. The topological polar surface area (TPSA) is 78.9 Å². The Labute approximate surface area is 214 Å². The fraction of sp³-hybridized carbons (Fsp3) is 0.645. The fourth-order valence-electron chi connectivity index (χ4n) is 9.51. The number of rotatable bonds is 4. The molecule has 5 heteroatoms. The first-order valence-electron chi connectivity index (χ1n) is 14.0. The van der Waals surface area contributed by atoms with Crippen LogP contribution in [0.25, 0.3) is 0 Å². The van der Waals surface area contributed by atoms with Gasteiger partial charge in [0.05, 0.1) is 23.9 Å². The zero-order valence-corrected chi connectivity index (χ0v) is 21.6. The monoisotopic (exact) mass is 485 g/mol. The maximum atomic E-state index is 13.8. The second-order valence-electron chi connectivity index (χ2n) is 12.9. The van der Waals surface area contributed by atoms with E-state index >= 15 is 0 Å². The number of carbonyl (C=O) groups is 1. The summed E-state index contributed by atoms with van der Waals surface area (Å²) >= 11 is 0. The van der Waals surface area contributed by atoms with E-state index in [1.807, 2.05) is 6.92 Å². The van der Waals surface area contributed by atoms with Crippen molar-refractivity contribution < 1.29 is 9.90 Å². The number of carbonyl (C=O) groups excluding carboxylic acids is 1. The number of hydrogen-bond donors (Lipinski definition) is 1. The summed E-state index contributed by atoms with van der Waals surface area (Å²) in [7, 11) is 0. The van der Waals surface area contributed by atoms with Gasteiger partial charge in [0, 0.05) is 12.1 Å². The van der Waals surface area contributed by atoms with Gasteiger partial charge in [0.15, 0.2) is 5.78 Å². The third-order valence-electron chi connectivity index (χ3n) is 10.9. The Bertz CT molecular complexity index is 1160. The standard InChI is InChI=1S/C31H39N3O2/c1-30(36)12-10-23-22(15-30)8-9-25-24(23)11-13-31(2)27(28(35)19-34-18-20(16-32)17-33-34)14-26(29(25)31)21-6-4-3-5-7-21/h3-7,17-18,22-27,29,36H,8-15,19H2,1-2H3/t22-,23+,24-,25-,26+,27-,29-,30-,31-/m1/s1. The Balaban J connectivity index is 1.31. The normalized spacial score (nSPS) is 41.6. The number of fused-ring (bicyclic) bond motifs is 5. The van der Waals surface area contributed by atoms with Gasteiger partial charge in [-0.1, -0.05) is 37.3 Å². The molecule has 0 amide bonds. The predicted molar refractivity (Wildman–Crippen MR) is 138 cm³/mol. The van der Waals surface area contributed by atoms with Crippen molar-refractivity contribution in [2.75, 3.05) is 0 Å². The zero-order valence-electron chi connectivity index (χ0n) is 21.6. The highest BCUT2D eigenvalue weighted by molar-refractivity contribution is 5.82. The molecule has 0 radical (unpaired) electrons. The number of ketones is 1. The van der Waals surface area contributed by atoms with Gasteiger partial charge in [-0.15, -0.1) is 0 Å². The van der Waals surface area contributed by atoms with Gasteiger partial charge in [-0.3, -0.25) is 9.48 Å².